The van der Waals surface area contributed by atoms with E-state index in [4.69, 9.17) is 9.47 Å². The third-order valence-corrected chi connectivity index (χ3v) is 4.75. The molecule has 0 spiro atoms. The van der Waals surface area contributed by atoms with E-state index in [0.29, 0.717) is 19.4 Å². The molecule has 0 saturated carbocycles. The normalized spacial score (nSPS) is 23.0. The number of hydrogen-bond acceptors (Lipinski definition) is 4. The van der Waals surface area contributed by atoms with Gasteiger partial charge in [-0.15, -0.1) is 0 Å². The maximum Gasteiger partial charge on any atom is 0.330 e. The molecular weight excluding hydrogens is 395 g/mol. The molecule has 0 aliphatic carbocycles. The van der Waals surface area contributed by atoms with Crippen molar-refractivity contribution in [2.75, 3.05) is 13.3 Å². The van der Waals surface area contributed by atoms with Crippen LogP contribution in [0.15, 0.2) is 50.6 Å². The Morgan fingerprint density at radius 1 is 1.36 bits per heavy atom. The highest BCUT2D eigenvalue weighted by Crippen LogP contribution is 2.36. The van der Waals surface area contributed by atoms with Crippen molar-refractivity contribution in [3.8, 4) is 0 Å². The highest BCUT2D eigenvalue weighted by atomic mass is 79.9. The Morgan fingerprint density at radius 3 is 2.84 bits per heavy atom. The molecule has 2 heterocycles. The lowest BCUT2D eigenvalue weighted by Crippen LogP contribution is -2.39. The summed E-state index contributed by atoms with van der Waals surface area (Å²) in [7, 11) is 0. The first kappa shape index (κ1) is 18.0. The lowest BCUT2D eigenvalue weighted by atomic mass is 10.0. The summed E-state index contributed by atoms with van der Waals surface area (Å²) in [6.45, 7) is -0.257. The molecule has 6 nitrogen and oxygen atoms in total. The topological polar surface area (TPSA) is 73.3 Å². The predicted molar refractivity (Wildman–Crippen MR) is 93.2 cm³/mol. The molecule has 1 aliphatic heterocycles. The first-order valence-electron chi connectivity index (χ1n) is 7.89. The summed E-state index contributed by atoms with van der Waals surface area (Å²) < 4.78 is 26.6. The van der Waals surface area contributed by atoms with Gasteiger partial charge in [-0.1, -0.05) is 30.3 Å². The fourth-order valence-electron chi connectivity index (χ4n) is 2.84. The smallest absolute Gasteiger partial charge is 0.330 e. The maximum atomic E-state index is 13.7. The van der Waals surface area contributed by atoms with E-state index in [1.165, 1.54) is 10.8 Å². The van der Waals surface area contributed by atoms with E-state index in [1.54, 1.807) is 0 Å². The van der Waals surface area contributed by atoms with Gasteiger partial charge in [0.15, 0.2) is 0 Å². The zero-order valence-electron chi connectivity index (χ0n) is 13.4. The summed E-state index contributed by atoms with van der Waals surface area (Å²) in [5, 5.41) is 0. The number of H-pyrrole nitrogens is 1. The first-order valence-corrected chi connectivity index (χ1v) is 8.69. The van der Waals surface area contributed by atoms with Gasteiger partial charge in [0, 0.05) is 6.20 Å². The van der Waals surface area contributed by atoms with E-state index in [1.807, 2.05) is 30.3 Å². The molecule has 1 fully saturated rings. The summed E-state index contributed by atoms with van der Waals surface area (Å²) in [5.74, 6) is 0. The summed E-state index contributed by atoms with van der Waals surface area (Å²) in [6, 6.07) is 9.59. The molecule has 2 atom stereocenters. The number of ether oxygens (including phenoxy) is 2. The highest BCUT2D eigenvalue weighted by molar-refractivity contribution is 9.10. The van der Waals surface area contributed by atoms with Crippen LogP contribution in [-0.4, -0.2) is 28.4 Å². The SMILES string of the molecule is O=c1[nH]c(=O)n([C@H]2CC[C@](CF)(COCc3ccccc3)O2)cc1Br. The van der Waals surface area contributed by atoms with Gasteiger partial charge < -0.3 is 9.47 Å². The fraction of sp³-hybridized carbons (Fsp3) is 0.412. The third kappa shape index (κ3) is 4.08. The minimum absolute atomic E-state index is 0.0914. The van der Waals surface area contributed by atoms with E-state index in [9.17, 15) is 14.0 Å². The van der Waals surface area contributed by atoms with Gasteiger partial charge in [-0.2, -0.15) is 0 Å². The molecule has 1 aromatic heterocycles. The quantitative estimate of drug-likeness (QED) is 0.790. The average molecular weight is 413 g/mol. The molecule has 25 heavy (non-hydrogen) atoms. The van der Waals surface area contributed by atoms with Gasteiger partial charge in [0.05, 0.1) is 17.7 Å². The van der Waals surface area contributed by atoms with Crippen LogP contribution in [0.25, 0.3) is 0 Å². The number of alkyl halides is 1. The van der Waals surface area contributed by atoms with Crippen LogP contribution < -0.4 is 11.2 Å². The molecule has 1 N–H and O–H groups in total. The number of aromatic amines is 1. The number of halogens is 2. The summed E-state index contributed by atoms with van der Waals surface area (Å²) in [4.78, 5) is 25.6. The monoisotopic (exact) mass is 412 g/mol. The summed E-state index contributed by atoms with van der Waals surface area (Å²) >= 11 is 3.08. The lowest BCUT2D eigenvalue weighted by Gasteiger charge is -2.26. The van der Waals surface area contributed by atoms with Crippen molar-refractivity contribution in [3.05, 3.63) is 67.4 Å². The Bertz CT molecular complexity index is 839. The lowest BCUT2D eigenvalue weighted by molar-refractivity contribution is -0.125. The Kier molecular flexibility index (Phi) is 5.51. The van der Waals surface area contributed by atoms with Gasteiger partial charge in [-0.25, -0.2) is 9.18 Å². The van der Waals surface area contributed by atoms with Crippen LogP contribution in [0.2, 0.25) is 0 Å². The second kappa shape index (κ2) is 7.63. The molecule has 0 unspecified atom stereocenters. The van der Waals surface area contributed by atoms with Gasteiger partial charge in [0.1, 0.15) is 18.5 Å². The minimum Gasteiger partial charge on any atom is -0.374 e. The Labute approximate surface area is 151 Å². The molecule has 1 saturated heterocycles. The molecular formula is C17H18BrFN2O4. The highest BCUT2D eigenvalue weighted by Gasteiger charge is 2.42. The molecule has 0 bridgehead atoms. The van der Waals surface area contributed by atoms with Gasteiger partial charge in [-0.3, -0.25) is 14.3 Å². The average Bonchev–Trinajstić information content (AvgIpc) is 3.04. The maximum absolute atomic E-state index is 13.7. The van der Waals surface area contributed by atoms with Gasteiger partial charge >= 0.3 is 5.69 Å². The first-order chi connectivity index (χ1) is 12.0. The molecule has 8 heteroatoms. The second-order valence-corrected chi connectivity index (χ2v) is 6.90. The zero-order chi connectivity index (χ0) is 17.9. The van der Waals surface area contributed by atoms with Crippen molar-refractivity contribution in [2.24, 2.45) is 0 Å². The van der Waals surface area contributed by atoms with Crippen molar-refractivity contribution < 1.29 is 13.9 Å². The van der Waals surface area contributed by atoms with E-state index in [2.05, 4.69) is 20.9 Å². The number of rotatable bonds is 6. The Balaban J connectivity index is 1.67. The van der Waals surface area contributed by atoms with Crippen molar-refractivity contribution in [1.82, 2.24) is 9.55 Å². The largest absolute Gasteiger partial charge is 0.374 e. The number of benzene rings is 1. The molecule has 1 aromatic carbocycles. The van der Waals surface area contributed by atoms with Crippen molar-refractivity contribution >= 4 is 15.9 Å². The standard InChI is InChI=1S/C17H18BrFN2O4/c18-13-8-21(16(23)20-15(13)22)14-6-7-17(10-19,25-14)11-24-9-12-4-2-1-3-5-12/h1-5,8,14H,6-7,9-11H2,(H,20,22,23)/t14-,17+/m1/s1. The van der Waals surface area contributed by atoms with Gasteiger partial charge in [-0.05, 0) is 34.3 Å². The fourth-order valence-corrected chi connectivity index (χ4v) is 3.16. The molecule has 0 radical (unpaired) electrons. The minimum atomic E-state index is -1.08. The summed E-state index contributed by atoms with van der Waals surface area (Å²) in [6.07, 6.45) is 1.60. The van der Waals surface area contributed by atoms with Crippen LogP contribution in [0.1, 0.15) is 24.6 Å². The van der Waals surface area contributed by atoms with E-state index >= 15 is 0 Å². The van der Waals surface area contributed by atoms with E-state index in [0.717, 1.165) is 5.56 Å². The van der Waals surface area contributed by atoms with Crippen molar-refractivity contribution in [2.45, 2.75) is 31.3 Å². The molecule has 134 valence electrons. The number of nitrogens with zero attached hydrogens (tertiary/aromatic N) is 1. The number of nitrogens with one attached hydrogen (secondary N) is 1. The van der Waals surface area contributed by atoms with Gasteiger partial charge in [0.2, 0.25) is 0 Å². The Morgan fingerprint density at radius 2 is 2.12 bits per heavy atom. The Hall–Kier alpha value is -1.77. The van der Waals surface area contributed by atoms with E-state index < -0.39 is 29.8 Å². The third-order valence-electron chi connectivity index (χ3n) is 4.19. The van der Waals surface area contributed by atoms with Crippen LogP contribution in [0, 0.1) is 0 Å². The van der Waals surface area contributed by atoms with Crippen LogP contribution >= 0.6 is 15.9 Å². The van der Waals surface area contributed by atoms with Crippen molar-refractivity contribution in [3.63, 3.8) is 0 Å². The number of aromatic nitrogens is 2. The van der Waals surface area contributed by atoms with Crippen LogP contribution in [0.4, 0.5) is 4.39 Å². The molecule has 0 amide bonds. The summed E-state index contributed by atoms with van der Waals surface area (Å²) in [5.41, 5.74) is -1.19. The number of hydrogen-bond donors (Lipinski definition) is 1. The van der Waals surface area contributed by atoms with Crippen LogP contribution in [0.3, 0.4) is 0 Å². The second-order valence-electron chi connectivity index (χ2n) is 6.05. The van der Waals surface area contributed by atoms with E-state index in [-0.39, 0.29) is 11.1 Å². The molecule has 1 aliphatic rings. The molecule has 3 rings (SSSR count). The van der Waals surface area contributed by atoms with Crippen LogP contribution in [-0.2, 0) is 16.1 Å². The van der Waals surface area contributed by atoms with Gasteiger partial charge in [0.25, 0.3) is 5.56 Å². The molecule has 2 aromatic rings. The van der Waals surface area contributed by atoms with Crippen LogP contribution in [0.5, 0.6) is 0 Å². The predicted octanol–water partition coefficient (Wildman–Crippen LogP) is 2.53. The van der Waals surface area contributed by atoms with Crippen molar-refractivity contribution in [1.29, 1.82) is 0 Å². The zero-order valence-corrected chi connectivity index (χ0v) is 15.0.